The van der Waals surface area contributed by atoms with Crippen molar-refractivity contribution in [2.24, 2.45) is 5.73 Å². The molecule has 3 aromatic rings. The maximum Gasteiger partial charge on any atom is 0.279 e. The normalized spacial score (nSPS) is 10.8. The first kappa shape index (κ1) is 19.1. The lowest BCUT2D eigenvalue weighted by molar-refractivity contribution is -0.115. The van der Waals surface area contributed by atoms with Crippen LogP contribution in [0.5, 0.6) is 0 Å². The van der Waals surface area contributed by atoms with E-state index in [-0.39, 0.29) is 17.4 Å². The summed E-state index contributed by atoms with van der Waals surface area (Å²) in [6.45, 7) is 5.59. The molecule has 0 spiro atoms. The van der Waals surface area contributed by atoms with Gasteiger partial charge in [-0.15, -0.1) is 16.9 Å². The average Bonchev–Trinajstić information content (AvgIpc) is 3.15. The van der Waals surface area contributed by atoms with Gasteiger partial charge in [0.1, 0.15) is 0 Å². The Morgan fingerprint density at radius 1 is 1.30 bits per heavy atom. The van der Waals surface area contributed by atoms with Crippen LogP contribution in [-0.4, -0.2) is 37.5 Å². The summed E-state index contributed by atoms with van der Waals surface area (Å²) in [5.41, 5.74) is 8.70. The van der Waals surface area contributed by atoms with E-state index in [9.17, 15) is 9.59 Å². The van der Waals surface area contributed by atoms with E-state index in [1.165, 1.54) is 23.1 Å². The lowest BCUT2D eigenvalue weighted by atomic mass is 10.2. The number of carbonyl (C=O) groups is 2. The summed E-state index contributed by atoms with van der Waals surface area (Å²) < 4.78 is 2.47. The number of rotatable bonds is 6. The van der Waals surface area contributed by atoms with Crippen molar-refractivity contribution in [2.45, 2.75) is 25.0 Å². The molecule has 0 aliphatic carbocycles. The van der Waals surface area contributed by atoms with Crippen LogP contribution in [-0.2, 0) is 4.79 Å². The molecule has 2 amide bonds. The molecule has 0 saturated heterocycles. The van der Waals surface area contributed by atoms with Crippen LogP contribution in [0.4, 0.5) is 5.13 Å². The zero-order valence-corrected chi connectivity index (χ0v) is 16.6. The zero-order chi connectivity index (χ0) is 19.6. The van der Waals surface area contributed by atoms with Gasteiger partial charge in [0.15, 0.2) is 10.8 Å². The summed E-state index contributed by atoms with van der Waals surface area (Å²) in [5, 5.41) is 11.3. The molecule has 27 heavy (non-hydrogen) atoms. The van der Waals surface area contributed by atoms with Crippen molar-refractivity contribution in [2.75, 3.05) is 11.1 Å². The molecule has 3 rings (SSSR count). The first-order valence-electron chi connectivity index (χ1n) is 8.04. The van der Waals surface area contributed by atoms with E-state index >= 15 is 0 Å². The quantitative estimate of drug-likeness (QED) is 0.612. The highest BCUT2D eigenvalue weighted by molar-refractivity contribution is 8.01. The van der Waals surface area contributed by atoms with Gasteiger partial charge in [-0.05, 0) is 38.5 Å². The minimum absolute atomic E-state index is 0.167. The molecule has 2 heterocycles. The standard InChI is InChI=1S/C17H18N6O2S2/c1-9-5-4-6-12(7-9)23-11(3)14(21-22-23)15(25)20-17-19-10(2)16(27-17)26-8-13(18)24/h4-7H,8H2,1-3H3,(H2,18,24)(H,19,20,25). The summed E-state index contributed by atoms with van der Waals surface area (Å²) in [4.78, 5) is 27.8. The molecule has 0 aliphatic rings. The summed E-state index contributed by atoms with van der Waals surface area (Å²) in [7, 11) is 0. The summed E-state index contributed by atoms with van der Waals surface area (Å²) in [5.74, 6) is -0.617. The van der Waals surface area contributed by atoms with Gasteiger partial charge in [-0.3, -0.25) is 14.9 Å². The van der Waals surface area contributed by atoms with E-state index < -0.39 is 5.91 Å². The molecule has 10 heteroatoms. The Morgan fingerprint density at radius 3 is 2.78 bits per heavy atom. The number of amides is 2. The van der Waals surface area contributed by atoms with E-state index in [1.54, 1.807) is 11.6 Å². The van der Waals surface area contributed by atoms with Crippen LogP contribution >= 0.6 is 23.1 Å². The minimum Gasteiger partial charge on any atom is -0.369 e. The fourth-order valence-electron chi connectivity index (χ4n) is 2.41. The molecule has 140 valence electrons. The number of anilines is 1. The molecular formula is C17H18N6O2S2. The Labute approximate surface area is 164 Å². The van der Waals surface area contributed by atoms with Crippen LogP contribution in [0.1, 0.15) is 27.4 Å². The van der Waals surface area contributed by atoms with Gasteiger partial charge < -0.3 is 5.73 Å². The maximum atomic E-state index is 12.6. The zero-order valence-electron chi connectivity index (χ0n) is 15.0. The second-order valence-electron chi connectivity index (χ2n) is 5.88. The molecule has 1 aromatic carbocycles. The SMILES string of the molecule is Cc1cccc(-n2nnc(C(=O)Nc3nc(C)c(SCC(N)=O)s3)c2C)c1. The van der Waals surface area contributed by atoms with Crippen molar-refractivity contribution in [1.29, 1.82) is 0 Å². The van der Waals surface area contributed by atoms with Crippen molar-refractivity contribution in [3.05, 3.63) is 46.9 Å². The lowest BCUT2D eigenvalue weighted by Gasteiger charge is -2.04. The van der Waals surface area contributed by atoms with Gasteiger partial charge >= 0.3 is 0 Å². The molecule has 3 N–H and O–H groups in total. The third-order valence-electron chi connectivity index (χ3n) is 3.68. The largest absolute Gasteiger partial charge is 0.369 e. The number of aromatic nitrogens is 4. The molecule has 0 saturated carbocycles. The number of primary amides is 1. The number of thioether (sulfide) groups is 1. The second kappa shape index (κ2) is 7.89. The van der Waals surface area contributed by atoms with Crippen LogP contribution in [0.25, 0.3) is 5.69 Å². The number of aryl methyl sites for hydroxylation is 2. The fraction of sp³-hybridized carbons (Fsp3) is 0.235. The van der Waals surface area contributed by atoms with Crippen LogP contribution in [0, 0.1) is 20.8 Å². The minimum atomic E-state index is -0.401. The predicted molar refractivity (Wildman–Crippen MR) is 106 cm³/mol. The van der Waals surface area contributed by atoms with E-state index in [0.29, 0.717) is 10.8 Å². The highest BCUT2D eigenvalue weighted by atomic mass is 32.2. The Bertz CT molecular complexity index is 1010. The molecular weight excluding hydrogens is 384 g/mol. The predicted octanol–water partition coefficient (Wildman–Crippen LogP) is 2.48. The van der Waals surface area contributed by atoms with Gasteiger partial charge in [-0.2, -0.15) is 0 Å². The molecule has 0 bridgehead atoms. The maximum absolute atomic E-state index is 12.6. The topological polar surface area (TPSA) is 116 Å². The van der Waals surface area contributed by atoms with Gasteiger partial charge in [-0.1, -0.05) is 28.7 Å². The first-order chi connectivity index (χ1) is 12.8. The third kappa shape index (κ3) is 4.34. The number of hydrogen-bond acceptors (Lipinski definition) is 7. The van der Waals surface area contributed by atoms with Crippen LogP contribution < -0.4 is 11.1 Å². The molecule has 0 radical (unpaired) electrons. The van der Waals surface area contributed by atoms with Crippen LogP contribution in [0.15, 0.2) is 28.5 Å². The molecule has 8 nitrogen and oxygen atoms in total. The van der Waals surface area contributed by atoms with E-state index in [0.717, 1.165) is 21.2 Å². The van der Waals surface area contributed by atoms with Crippen LogP contribution in [0.3, 0.4) is 0 Å². The van der Waals surface area contributed by atoms with Crippen molar-refractivity contribution in [3.8, 4) is 5.69 Å². The van der Waals surface area contributed by atoms with Gasteiger partial charge in [0.05, 0.1) is 27.0 Å². The Kier molecular flexibility index (Phi) is 5.57. The summed E-state index contributed by atoms with van der Waals surface area (Å²) in [6.07, 6.45) is 0. The van der Waals surface area contributed by atoms with Crippen molar-refractivity contribution in [3.63, 3.8) is 0 Å². The molecule has 0 atom stereocenters. The van der Waals surface area contributed by atoms with E-state index in [4.69, 9.17) is 5.73 Å². The monoisotopic (exact) mass is 402 g/mol. The van der Waals surface area contributed by atoms with E-state index in [2.05, 4.69) is 20.6 Å². The third-order valence-corrected chi connectivity index (χ3v) is 6.13. The summed E-state index contributed by atoms with van der Waals surface area (Å²) in [6, 6.07) is 7.79. The Hall–Kier alpha value is -2.72. The van der Waals surface area contributed by atoms with E-state index in [1.807, 2.05) is 38.1 Å². The number of nitrogens with two attached hydrogens (primary N) is 1. The number of thiazole rings is 1. The van der Waals surface area contributed by atoms with Crippen molar-refractivity contribution in [1.82, 2.24) is 20.0 Å². The molecule has 0 unspecified atom stereocenters. The Balaban J connectivity index is 1.77. The smallest absolute Gasteiger partial charge is 0.279 e. The van der Waals surface area contributed by atoms with Gasteiger partial charge in [0, 0.05) is 0 Å². The number of nitrogens with one attached hydrogen (secondary N) is 1. The number of benzene rings is 1. The van der Waals surface area contributed by atoms with Crippen molar-refractivity contribution < 1.29 is 9.59 Å². The number of carbonyl (C=O) groups excluding carboxylic acids is 2. The fourth-order valence-corrected chi connectivity index (χ4v) is 4.28. The van der Waals surface area contributed by atoms with Gasteiger partial charge in [0.2, 0.25) is 5.91 Å². The second-order valence-corrected chi connectivity index (χ2v) is 8.12. The molecule has 0 fully saturated rings. The van der Waals surface area contributed by atoms with Crippen molar-refractivity contribution >= 4 is 40.0 Å². The lowest BCUT2D eigenvalue weighted by Crippen LogP contribution is -2.14. The first-order valence-corrected chi connectivity index (χ1v) is 9.84. The highest BCUT2D eigenvalue weighted by Gasteiger charge is 2.19. The number of hydrogen-bond donors (Lipinski definition) is 2. The molecule has 0 aliphatic heterocycles. The van der Waals surface area contributed by atoms with Gasteiger partial charge in [-0.25, -0.2) is 9.67 Å². The average molecular weight is 403 g/mol. The number of nitrogens with zero attached hydrogens (tertiary/aromatic N) is 4. The summed E-state index contributed by atoms with van der Waals surface area (Å²) >= 11 is 2.60. The molecule has 2 aromatic heterocycles. The Morgan fingerprint density at radius 2 is 2.07 bits per heavy atom. The van der Waals surface area contributed by atoms with Crippen LogP contribution in [0.2, 0.25) is 0 Å². The van der Waals surface area contributed by atoms with Gasteiger partial charge in [0.25, 0.3) is 5.91 Å². The highest BCUT2D eigenvalue weighted by Crippen LogP contribution is 2.32.